The molecule has 2 heteroatoms. The molecular formula is C10H16O2. The third-order valence-corrected chi connectivity index (χ3v) is 1.21. The van der Waals surface area contributed by atoms with Gasteiger partial charge in [-0.3, -0.25) is 4.79 Å². The van der Waals surface area contributed by atoms with Crippen molar-refractivity contribution in [3.05, 3.63) is 23.8 Å². The van der Waals surface area contributed by atoms with Gasteiger partial charge >= 0.3 is 5.97 Å². The van der Waals surface area contributed by atoms with E-state index in [2.05, 4.69) is 19.9 Å². The van der Waals surface area contributed by atoms with E-state index in [4.69, 9.17) is 4.74 Å². The van der Waals surface area contributed by atoms with Crippen LogP contribution in [-0.2, 0) is 9.53 Å². The second-order valence-corrected chi connectivity index (χ2v) is 2.79. The number of hydrogen-bond acceptors (Lipinski definition) is 2. The number of carbonyl (C=O) groups is 1. The Morgan fingerprint density at radius 2 is 1.92 bits per heavy atom. The molecule has 0 N–H and O–H groups in total. The van der Waals surface area contributed by atoms with Gasteiger partial charge in [0.05, 0.1) is 0 Å². The molecule has 0 rings (SSSR count). The van der Waals surface area contributed by atoms with Crippen molar-refractivity contribution in [2.24, 2.45) is 0 Å². The van der Waals surface area contributed by atoms with Gasteiger partial charge in [0.2, 0.25) is 0 Å². The fourth-order valence-electron chi connectivity index (χ4n) is 0.633. The largest absolute Gasteiger partial charge is 0.462 e. The maximum atomic E-state index is 10.3. The number of hydrogen-bond donors (Lipinski definition) is 0. The third-order valence-electron chi connectivity index (χ3n) is 1.21. The van der Waals surface area contributed by atoms with Gasteiger partial charge in [-0.2, -0.15) is 0 Å². The highest BCUT2D eigenvalue weighted by atomic mass is 16.5. The summed E-state index contributed by atoms with van der Waals surface area (Å²) in [6.07, 6.45) is 6.85. The summed E-state index contributed by atoms with van der Waals surface area (Å²) in [4.78, 5) is 10.3. The molecule has 0 aromatic carbocycles. The summed E-state index contributed by atoms with van der Waals surface area (Å²) >= 11 is 0. The summed E-state index contributed by atoms with van der Waals surface area (Å²) in [5.74, 6) is -0.234. The van der Waals surface area contributed by atoms with E-state index >= 15 is 0 Å². The van der Waals surface area contributed by atoms with E-state index in [1.807, 2.05) is 12.2 Å². The Hall–Kier alpha value is -1.05. The average Bonchev–Trinajstić information content (AvgIpc) is 1.95. The van der Waals surface area contributed by atoms with Crippen molar-refractivity contribution in [1.82, 2.24) is 0 Å². The molecule has 0 atom stereocenters. The van der Waals surface area contributed by atoms with E-state index in [0.717, 1.165) is 6.42 Å². The second kappa shape index (κ2) is 6.65. The zero-order valence-corrected chi connectivity index (χ0v) is 7.96. The van der Waals surface area contributed by atoms with E-state index in [1.165, 1.54) is 12.5 Å². The molecular weight excluding hydrogens is 152 g/mol. The Labute approximate surface area is 73.9 Å². The molecule has 68 valence electrons. The first kappa shape index (κ1) is 11.0. The highest BCUT2D eigenvalue weighted by molar-refractivity contribution is 5.65. The normalized spacial score (nSPS) is 9.92. The molecule has 0 heterocycles. The predicted molar refractivity (Wildman–Crippen MR) is 49.8 cm³/mol. The van der Waals surface area contributed by atoms with Gasteiger partial charge in [-0.1, -0.05) is 23.8 Å². The van der Waals surface area contributed by atoms with Gasteiger partial charge in [0, 0.05) is 6.92 Å². The van der Waals surface area contributed by atoms with Crippen LogP contribution in [0.25, 0.3) is 0 Å². The van der Waals surface area contributed by atoms with Crippen LogP contribution in [0.2, 0.25) is 0 Å². The first-order valence-corrected chi connectivity index (χ1v) is 4.04. The summed E-state index contributed by atoms with van der Waals surface area (Å²) in [6, 6.07) is 0. The fraction of sp³-hybridized carbons (Fsp3) is 0.500. The van der Waals surface area contributed by atoms with E-state index < -0.39 is 0 Å². The van der Waals surface area contributed by atoms with Crippen molar-refractivity contribution in [3.8, 4) is 0 Å². The van der Waals surface area contributed by atoms with Crippen LogP contribution in [0, 0.1) is 0 Å². The van der Waals surface area contributed by atoms with Crippen molar-refractivity contribution in [2.45, 2.75) is 27.2 Å². The third kappa shape index (κ3) is 8.95. The number of rotatable bonds is 4. The molecule has 0 aliphatic carbocycles. The summed E-state index contributed by atoms with van der Waals surface area (Å²) in [5.41, 5.74) is 1.30. The number of allylic oxidation sites excluding steroid dienone is 3. The lowest BCUT2D eigenvalue weighted by Gasteiger charge is -1.93. The molecule has 0 aliphatic heterocycles. The zero-order valence-electron chi connectivity index (χ0n) is 7.96. The minimum absolute atomic E-state index is 0.234. The zero-order chi connectivity index (χ0) is 9.40. The number of ether oxygens (including phenoxy) is 1. The Morgan fingerprint density at radius 1 is 1.25 bits per heavy atom. The Bertz CT molecular complexity index is 186. The summed E-state index contributed by atoms with van der Waals surface area (Å²) < 4.78 is 4.70. The molecule has 2 nitrogen and oxygen atoms in total. The lowest BCUT2D eigenvalue weighted by atomic mass is 10.2. The maximum Gasteiger partial charge on any atom is 0.302 e. The molecule has 0 saturated carbocycles. The molecule has 0 aromatic rings. The van der Waals surface area contributed by atoms with Gasteiger partial charge in [-0.05, 0) is 20.3 Å². The predicted octanol–water partition coefficient (Wildman–Crippen LogP) is 2.46. The van der Waals surface area contributed by atoms with Crippen LogP contribution in [0.4, 0.5) is 0 Å². The molecule has 12 heavy (non-hydrogen) atoms. The van der Waals surface area contributed by atoms with E-state index in [1.54, 1.807) is 0 Å². The van der Waals surface area contributed by atoms with Crippen LogP contribution < -0.4 is 0 Å². The molecule has 0 spiro atoms. The van der Waals surface area contributed by atoms with E-state index in [-0.39, 0.29) is 5.97 Å². The van der Waals surface area contributed by atoms with Gasteiger partial charge in [0.15, 0.2) is 0 Å². The van der Waals surface area contributed by atoms with Gasteiger partial charge in [0.1, 0.15) is 6.61 Å². The van der Waals surface area contributed by atoms with Gasteiger partial charge in [-0.15, -0.1) is 0 Å². The lowest BCUT2D eigenvalue weighted by molar-refractivity contribution is -0.139. The van der Waals surface area contributed by atoms with Crippen LogP contribution in [0.15, 0.2) is 23.8 Å². The SMILES string of the molecule is CC(=O)OC/C=C/CC=C(C)C. The topological polar surface area (TPSA) is 26.3 Å². The van der Waals surface area contributed by atoms with Crippen molar-refractivity contribution in [1.29, 1.82) is 0 Å². The minimum atomic E-state index is -0.234. The molecule has 0 aromatic heterocycles. The summed E-state index contributed by atoms with van der Waals surface area (Å²) in [6.45, 7) is 5.90. The molecule has 0 bridgehead atoms. The van der Waals surface area contributed by atoms with Crippen molar-refractivity contribution in [2.75, 3.05) is 6.61 Å². The van der Waals surface area contributed by atoms with Crippen LogP contribution >= 0.6 is 0 Å². The smallest absolute Gasteiger partial charge is 0.302 e. The van der Waals surface area contributed by atoms with Gasteiger partial charge < -0.3 is 4.74 Å². The monoisotopic (exact) mass is 168 g/mol. The molecule has 0 unspecified atom stereocenters. The minimum Gasteiger partial charge on any atom is -0.462 e. The number of carbonyl (C=O) groups excluding carboxylic acids is 1. The second-order valence-electron chi connectivity index (χ2n) is 2.79. The molecule has 0 radical (unpaired) electrons. The van der Waals surface area contributed by atoms with Crippen LogP contribution in [0.1, 0.15) is 27.2 Å². The van der Waals surface area contributed by atoms with Gasteiger partial charge in [0.25, 0.3) is 0 Å². The average molecular weight is 168 g/mol. The molecule has 0 saturated heterocycles. The van der Waals surface area contributed by atoms with Crippen molar-refractivity contribution in [3.63, 3.8) is 0 Å². The fourth-order valence-corrected chi connectivity index (χ4v) is 0.633. The van der Waals surface area contributed by atoms with E-state index in [0.29, 0.717) is 6.61 Å². The van der Waals surface area contributed by atoms with Crippen molar-refractivity contribution < 1.29 is 9.53 Å². The Balaban J connectivity index is 3.38. The Morgan fingerprint density at radius 3 is 2.42 bits per heavy atom. The molecule has 0 amide bonds. The van der Waals surface area contributed by atoms with E-state index in [9.17, 15) is 4.79 Å². The van der Waals surface area contributed by atoms with Crippen LogP contribution in [0.3, 0.4) is 0 Å². The summed E-state index contributed by atoms with van der Waals surface area (Å²) in [5, 5.41) is 0. The lowest BCUT2D eigenvalue weighted by Crippen LogP contribution is -1.97. The molecule has 0 fully saturated rings. The number of esters is 1. The Kier molecular flexibility index (Phi) is 6.07. The van der Waals surface area contributed by atoms with Crippen LogP contribution in [0.5, 0.6) is 0 Å². The maximum absolute atomic E-state index is 10.3. The standard InChI is InChI=1S/C10H16O2/c1-9(2)7-5-4-6-8-12-10(3)11/h4,6-7H,5,8H2,1-3H3/b6-4+. The quantitative estimate of drug-likeness (QED) is 0.476. The van der Waals surface area contributed by atoms with Gasteiger partial charge in [-0.25, -0.2) is 0 Å². The van der Waals surface area contributed by atoms with Crippen LogP contribution in [-0.4, -0.2) is 12.6 Å². The molecule has 0 aliphatic rings. The highest BCUT2D eigenvalue weighted by Gasteiger charge is 1.85. The summed E-state index contributed by atoms with van der Waals surface area (Å²) in [7, 11) is 0. The van der Waals surface area contributed by atoms with Crippen molar-refractivity contribution >= 4 is 5.97 Å². The highest BCUT2D eigenvalue weighted by Crippen LogP contribution is 1.93. The first-order valence-electron chi connectivity index (χ1n) is 4.04. The first-order chi connectivity index (χ1) is 5.63.